The Morgan fingerprint density at radius 2 is 1.65 bits per heavy atom. The molecule has 2 aromatic carbocycles. The molecule has 176 valence electrons. The van der Waals surface area contributed by atoms with Crippen LogP contribution in [0.15, 0.2) is 60.7 Å². The lowest BCUT2D eigenvalue weighted by Crippen LogP contribution is -2.46. The van der Waals surface area contributed by atoms with Crippen LogP contribution in [0.2, 0.25) is 0 Å². The Bertz CT molecular complexity index is 1280. The number of ether oxygens (including phenoxy) is 1. The third-order valence-electron chi connectivity index (χ3n) is 5.76. The molecular weight excluding hydrogens is 445 g/mol. The molecule has 1 aliphatic heterocycles. The van der Waals surface area contributed by atoms with Crippen LogP contribution in [0.1, 0.15) is 17.0 Å². The normalized spacial score (nSPS) is 15.1. The van der Waals surface area contributed by atoms with Crippen LogP contribution in [0.4, 0.5) is 19.0 Å². The molecule has 3 heterocycles. The highest BCUT2D eigenvalue weighted by molar-refractivity contribution is 5.46. The summed E-state index contributed by atoms with van der Waals surface area (Å²) in [4.78, 5) is 4.28. The maximum Gasteiger partial charge on any atom is 0.453 e. The first-order valence-corrected chi connectivity index (χ1v) is 11.0. The molecule has 1 saturated heterocycles. The first-order chi connectivity index (χ1) is 16.3. The summed E-state index contributed by atoms with van der Waals surface area (Å²) in [6.07, 6.45) is -4.61. The van der Waals surface area contributed by atoms with Crippen molar-refractivity contribution in [2.45, 2.75) is 19.6 Å². The lowest BCUT2D eigenvalue weighted by molar-refractivity contribution is -0.146. The molecule has 34 heavy (non-hydrogen) atoms. The second kappa shape index (κ2) is 8.94. The second-order valence-electron chi connectivity index (χ2n) is 8.31. The van der Waals surface area contributed by atoms with E-state index in [0.29, 0.717) is 18.9 Å². The fourth-order valence-corrected chi connectivity index (χ4v) is 3.97. The Labute approximate surface area is 194 Å². The Balaban J connectivity index is 1.22. The summed E-state index contributed by atoms with van der Waals surface area (Å²) in [6, 6.07) is 19.1. The average Bonchev–Trinajstić information content (AvgIpc) is 3.25. The molecule has 0 aliphatic carbocycles. The van der Waals surface area contributed by atoms with Crippen molar-refractivity contribution in [3.63, 3.8) is 0 Å². The SMILES string of the molecule is Cc1ccc(Oc2cccc(CN3CCN(c4ccc5nnc(C(F)(F)F)n5n4)CC3)c2)cc1. The van der Waals surface area contributed by atoms with Crippen LogP contribution < -0.4 is 9.64 Å². The van der Waals surface area contributed by atoms with Gasteiger partial charge in [0.1, 0.15) is 17.3 Å². The van der Waals surface area contributed by atoms with Crippen molar-refractivity contribution in [3.05, 3.63) is 77.6 Å². The fourth-order valence-electron chi connectivity index (χ4n) is 3.97. The fraction of sp³-hybridized carbons (Fsp3) is 0.292. The van der Waals surface area contributed by atoms with E-state index in [2.05, 4.69) is 26.3 Å². The molecule has 7 nitrogen and oxygen atoms in total. The van der Waals surface area contributed by atoms with Crippen molar-refractivity contribution in [2.75, 3.05) is 31.1 Å². The Morgan fingerprint density at radius 3 is 2.38 bits per heavy atom. The molecule has 1 aliphatic rings. The lowest BCUT2D eigenvalue weighted by Gasteiger charge is -2.35. The standard InChI is InChI=1S/C24H23F3N6O/c1-17-5-7-19(8-6-17)34-20-4-2-3-18(15-20)16-31-11-13-32(14-12-31)22-10-9-21-28-29-23(24(25,26)27)33(21)30-22/h2-10,15H,11-14,16H2,1H3. The molecule has 2 aromatic heterocycles. The number of hydrogen-bond acceptors (Lipinski definition) is 6. The van der Waals surface area contributed by atoms with Crippen molar-refractivity contribution in [1.82, 2.24) is 24.7 Å². The monoisotopic (exact) mass is 468 g/mol. The number of anilines is 1. The summed E-state index contributed by atoms with van der Waals surface area (Å²) in [5, 5.41) is 11.0. The van der Waals surface area contributed by atoms with E-state index in [9.17, 15) is 13.2 Å². The zero-order valence-electron chi connectivity index (χ0n) is 18.5. The zero-order valence-corrected chi connectivity index (χ0v) is 18.5. The number of rotatable bonds is 5. The van der Waals surface area contributed by atoms with Gasteiger partial charge in [0.2, 0.25) is 0 Å². The Hall–Kier alpha value is -3.66. The Kier molecular flexibility index (Phi) is 5.82. The minimum Gasteiger partial charge on any atom is -0.457 e. The molecule has 0 atom stereocenters. The highest BCUT2D eigenvalue weighted by Crippen LogP contribution is 2.28. The topological polar surface area (TPSA) is 58.8 Å². The summed E-state index contributed by atoms with van der Waals surface area (Å²) in [5.74, 6) is 0.941. The molecule has 0 saturated carbocycles. The number of nitrogens with zero attached hydrogens (tertiary/aromatic N) is 6. The number of hydrogen-bond donors (Lipinski definition) is 0. The minimum absolute atomic E-state index is 0.0717. The average molecular weight is 468 g/mol. The molecule has 0 spiro atoms. The highest BCUT2D eigenvalue weighted by atomic mass is 19.4. The molecule has 10 heteroatoms. The maximum absolute atomic E-state index is 13.2. The van der Waals surface area contributed by atoms with Gasteiger partial charge in [0.15, 0.2) is 5.65 Å². The summed E-state index contributed by atoms with van der Waals surface area (Å²) < 4.78 is 46.2. The van der Waals surface area contributed by atoms with Crippen LogP contribution in [-0.2, 0) is 12.7 Å². The number of fused-ring (bicyclic) bond motifs is 1. The van der Waals surface area contributed by atoms with Gasteiger partial charge in [0.05, 0.1) is 0 Å². The second-order valence-corrected chi connectivity index (χ2v) is 8.31. The molecule has 0 N–H and O–H groups in total. The Morgan fingerprint density at radius 1 is 0.882 bits per heavy atom. The minimum atomic E-state index is -4.61. The molecule has 0 unspecified atom stereocenters. The number of aryl methyl sites for hydroxylation is 1. The van der Waals surface area contributed by atoms with Crippen LogP contribution in [0.25, 0.3) is 5.65 Å². The lowest BCUT2D eigenvalue weighted by atomic mass is 10.2. The predicted molar refractivity (Wildman–Crippen MR) is 121 cm³/mol. The quantitative estimate of drug-likeness (QED) is 0.428. The van der Waals surface area contributed by atoms with E-state index in [0.717, 1.165) is 41.2 Å². The molecule has 4 aromatic rings. The number of benzene rings is 2. The van der Waals surface area contributed by atoms with E-state index in [-0.39, 0.29) is 5.65 Å². The molecular formula is C24H23F3N6O. The predicted octanol–water partition coefficient (Wildman–Crippen LogP) is 4.57. The van der Waals surface area contributed by atoms with Gasteiger partial charge < -0.3 is 9.64 Å². The van der Waals surface area contributed by atoms with E-state index in [1.54, 1.807) is 6.07 Å². The number of halogens is 3. The smallest absolute Gasteiger partial charge is 0.453 e. The zero-order chi connectivity index (χ0) is 23.7. The van der Waals surface area contributed by atoms with Crippen LogP contribution in [-0.4, -0.2) is 50.9 Å². The van der Waals surface area contributed by atoms with Crippen LogP contribution in [0.5, 0.6) is 11.5 Å². The van der Waals surface area contributed by atoms with E-state index >= 15 is 0 Å². The van der Waals surface area contributed by atoms with Gasteiger partial charge in [-0.2, -0.15) is 17.7 Å². The van der Waals surface area contributed by atoms with Gasteiger partial charge in [-0.05, 0) is 48.9 Å². The van der Waals surface area contributed by atoms with Gasteiger partial charge in [0.25, 0.3) is 5.82 Å². The number of piperazine rings is 1. The molecule has 0 amide bonds. The van der Waals surface area contributed by atoms with E-state index in [4.69, 9.17) is 4.74 Å². The third-order valence-corrected chi connectivity index (χ3v) is 5.76. The van der Waals surface area contributed by atoms with E-state index in [1.807, 2.05) is 54.3 Å². The maximum atomic E-state index is 13.2. The van der Waals surface area contributed by atoms with Gasteiger partial charge in [-0.1, -0.05) is 29.8 Å². The van der Waals surface area contributed by atoms with Crippen molar-refractivity contribution >= 4 is 11.5 Å². The van der Waals surface area contributed by atoms with Crippen LogP contribution >= 0.6 is 0 Å². The van der Waals surface area contributed by atoms with Crippen molar-refractivity contribution in [1.29, 1.82) is 0 Å². The van der Waals surface area contributed by atoms with Gasteiger partial charge in [-0.15, -0.1) is 15.3 Å². The van der Waals surface area contributed by atoms with Gasteiger partial charge >= 0.3 is 6.18 Å². The van der Waals surface area contributed by atoms with Gasteiger partial charge in [-0.3, -0.25) is 4.90 Å². The molecule has 5 rings (SSSR count). The van der Waals surface area contributed by atoms with Crippen LogP contribution in [0, 0.1) is 6.92 Å². The summed E-state index contributed by atoms with van der Waals surface area (Å²) in [6.45, 7) is 5.62. The molecule has 0 radical (unpaired) electrons. The van der Waals surface area contributed by atoms with Gasteiger partial charge in [-0.25, -0.2) is 0 Å². The van der Waals surface area contributed by atoms with E-state index in [1.165, 1.54) is 11.6 Å². The van der Waals surface area contributed by atoms with E-state index < -0.39 is 12.0 Å². The van der Waals surface area contributed by atoms with Crippen molar-refractivity contribution in [3.8, 4) is 11.5 Å². The molecule has 0 bridgehead atoms. The first kappa shape index (κ1) is 22.1. The molecule has 1 fully saturated rings. The number of aromatic nitrogens is 4. The van der Waals surface area contributed by atoms with Crippen molar-refractivity contribution < 1.29 is 17.9 Å². The summed E-state index contributed by atoms with van der Waals surface area (Å²) in [5.41, 5.74) is 2.39. The summed E-state index contributed by atoms with van der Waals surface area (Å²) >= 11 is 0. The van der Waals surface area contributed by atoms with Gasteiger partial charge in [0, 0.05) is 32.7 Å². The van der Waals surface area contributed by atoms with Crippen LogP contribution in [0.3, 0.4) is 0 Å². The highest BCUT2D eigenvalue weighted by Gasteiger charge is 2.37. The summed E-state index contributed by atoms with van der Waals surface area (Å²) in [7, 11) is 0. The largest absolute Gasteiger partial charge is 0.457 e. The van der Waals surface area contributed by atoms with Crippen molar-refractivity contribution in [2.24, 2.45) is 0 Å². The number of alkyl halides is 3. The first-order valence-electron chi connectivity index (χ1n) is 11.0. The third kappa shape index (κ3) is 4.81.